The van der Waals surface area contributed by atoms with Gasteiger partial charge < -0.3 is 33.8 Å². The van der Waals surface area contributed by atoms with Crippen molar-refractivity contribution >= 4 is 39.5 Å². The van der Waals surface area contributed by atoms with Gasteiger partial charge in [-0.1, -0.05) is 341 Å². The molecule has 0 aromatic rings. The number of ether oxygens (including phenoxy) is 4. The molecule has 0 amide bonds. The molecule has 0 spiro atoms. The van der Waals surface area contributed by atoms with Gasteiger partial charge in [-0.25, -0.2) is 9.13 Å². The summed E-state index contributed by atoms with van der Waals surface area (Å²) in [5.41, 5.74) is 0. The number of carbonyl (C=O) groups is 4. The van der Waals surface area contributed by atoms with E-state index < -0.39 is 97.5 Å². The Morgan fingerprint density at radius 1 is 0.274 bits per heavy atom. The smallest absolute Gasteiger partial charge is 0.462 e. The Balaban J connectivity index is 5.47. The zero-order valence-electron chi connectivity index (χ0n) is 66.6. The lowest BCUT2D eigenvalue weighted by Crippen LogP contribution is -2.30. The molecule has 0 aliphatic heterocycles. The van der Waals surface area contributed by atoms with Gasteiger partial charge in [-0.2, -0.15) is 0 Å². The van der Waals surface area contributed by atoms with Gasteiger partial charge in [-0.15, -0.1) is 0 Å². The summed E-state index contributed by atoms with van der Waals surface area (Å²) in [6, 6.07) is 0. The molecular weight excluding hydrogens is 1380 g/mol. The Kier molecular flexibility index (Phi) is 74.8. The third-order valence-corrected chi connectivity index (χ3v) is 19.1. The second-order valence-corrected chi connectivity index (χ2v) is 30.2. The lowest BCUT2D eigenvalue weighted by Gasteiger charge is -2.21. The van der Waals surface area contributed by atoms with Gasteiger partial charge in [0.25, 0.3) is 0 Å². The predicted octanol–water partition coefficient (Wildman–Crippen LogP) is 24.4. The molecule has 5 atom stereocenters. The number of phosphoric ester groups is 2. The van der Waals surface area contributed by atoms with Crippen molar-refractivity contribution in [3.63, 3.8) is 0 Å². The van der Waals surface area contributed by atoms with Gasteiger partial charge in [0, 0.05) is 25.7 Å². The molecule has 17 nitrogen and oxygen atoms in total. The van der Waals surface area contributed by atoms with E-state index in [1.807, 2.05) is 30.4 Å². The third-order valence-electron chi connectivity index (χ3n) is 17.2. The molecule has 5 unspecified atom stereocenters. The molecule has 19 heteroatoms. The predicted molar refractivity (Wildman–Crippen MR) is 436 cm³/mol. The van der Waals surface area contributed by atoms with Crippen LogP contribution in [0.25, 0.3) is 0 Å². The van der Waals surface area contributed by atoms with Crippen LogP contribution in [0, 0.1) is 0 Å². The van der Waals surface area contributed by atoms with Crippen LogP contribution in [0.1, 0.15) is 336 Å². The monoisotopic (exact) mass is 1530 g/mol. The standard InChI is InChI=1S/C87H148O17P2/c1-5-9-13-17-21-25-29-33-37-39-40-42-45-48-52-56-60-64-68-72-85(90)98-78-83(104-87(92)74-70-66-62-58-54-50-46-41-38-34-30-26-22-18-14-10-6-2)80-102-106(95,96)100-76-81(88)75-99-105(93,94)101-79-82(103-86(91)73-69-65-61-57-53-49-44-36-32-28-24-20-16-12-8-4)77-97-84(89)71-67-63-59-55-51-47-43-35-31-27-23-19-15-11-7-3/h9-10,13-14,21-22,25-26,33-34,37-38,40,42,46,48,50,52,58,60,62,64,81-83,88H,5-8,11-12,15-20,23-24,27-32,35-36,39,41,43-45,47,49,51,53-57,59,61,63,65-80H2,1-4H3,(H,93,94)(H,95,96)/b13-9-,14-10-,25-21-,26-22-,37-33-,38-34-,42-40-,50-46-,52-48-,62-58-,64-60-. The van der Waals surface area contributed by atoms with E-state index in [4.69, 9.17) is 37.0 Å². The van der Waals surface area contributed by atoms with Crippen molar-refractivity contribution < 1.29 is 80.2 Å². The van der Waals surface area contributed by atoms with Gasteiger partial charge in [0.15, 0.2) is 12.2 Å². The normalized spacial score (nSPS) is 14.5. The Morgan fingerprint density at radius 3 is 0.811 bits per heavy atom. The Morgan fingerprint density at radius 2 is 0.509 bits per heavy atom. The van der Waals surface area contributed by atoms with Gasteiger partial charge in [0.05, 0.1) is 26.4 Å². The molecule has 0 bridgehead atoms. The summed E-state index contributed by atoms with van der Waals surface area (Å²) >= 11 is 0. The minimum Gasteiger partial charge on any atom is -0.462 e. The first kappa shape index (κ1) is 101. The molecule has 0 aromatic heterocycles. The van der Waals surface area contributed by atoms with Gasteiger partial charge >= 0.3 is 39.5 Å². The Labute approximate surface area is 644 Å². The number of rotatable bonds is 77. The number of esters is 4. The number of phosphoric acid groups is 2. The van der Waals surface area contributed by atoms with Crippen LogP contribution in [0.15, 0.2) is 134 Å². The number of hydrogen-bond acceptors (Lipinski definition) is 15. The van der Waals surface area contributed by atoms with Crippen LogP contribution in [0.5, 0.6) is 0 Å². The van der Waals surface area contributed by atoms with Crippen molar-refractivity contribution in [1.82, 2.24) is 0 Å². The third kappa shape index (κ3) is 77.4. The minimum atomic E-state index is -5.01. The molecular formula is C87H148O17P2. The molecule has 0 saturated carbocycles. The van der Waals surface area contributed by atoms with E-state index >= 15 is 0 Å². The van der Waals surface area contributed by atoms with Crippen molar-refractivity contribution in [2.24, 2.45) is 0 Å². The van der Waals surface area contributed by atoms with Crippen LogP contribution in [0.2, 0.25) is 0 Å². The summed E-state index contributed by atoms with van der Waals surface area (Å²) in [7, 11) is -10.00. The summed E-state index contributed by atoms with van der Waals surface area (Å²) in [5.74, 6) is -2.33. The van der Waals surface area contributed by atoms with Crippen molar-refractivity contribution in [1.29, 1.82) is 0 Å². The summed E-state index contributed by atoms with van der Waals surface area (Å²) in [6.45, 7) is 4.54. The van der Waals surface area contributed by atoms with Crippen LogP contribution in [0.4, 0.5) is 0 Å². The van der Waals surface area contributed by atoms with E-state index in [-0.39, 0.29) is 25.7 Å². The summed E-state index contributed by atoms with van der Waals surface area (Å²) in [4.78, 5) is 73.1. The van der Waals surface area contributed by atoms with Crippen LogP contribution in [0.3, 0.4) is 0 Å². The average molecular weight is 1530 g/mol. The number of unbranched alkanes of at least 4 members (excludes halogenated alkanes) is 29. The molecule has 0 aromatic carbocycles. The fourth-order valence-corrected chi connectivity index (χ4v) is 12.5. The van der Waals surface area contributed by atoms with Crippen molar-refractivity contribution in [3.8, 4) is 0 Å². The summed E-state index contributed by atoms with van der Waals surface area (Å²) < 4.78 is 68.6. The van der Waals surface area contributed by atoms with E-state index in [1.54, 1.807) is 0 Å². The second-order valence-electron chi connectivity index (χ2n) is 27.3. The molecule has 3 N–H and O–H groups in total. The summed E-state index contributed by atoms with van der Waals surface area (Å²) in [5, 5.41) is 10.7. The molecule has 0 fully saturated rings. The number of allylic oxidation sites excluding steroid dienone is 22. The maximum absolute atomic E-state index is 13.1. The highest BCUT2D eigenvalue weighted by Crippen LogP contribution is 2.45. The van der Waals surface area contributed by atoms with E-state index in [0.717, 1.165) is 109 Å². The first-order valence-electron chi connectivity index (χ1n) is 41.4. The number of aliphatic hydroxyl groups excluding tert-OH is 1. The van der Waals surface area contributed by atoms with E-state index in [1.165, 1.54) is 135 Å². The highest BCUT2D eigenvalue weighted by Gasteiger charge is 2.30. The Bertz CT molecular complexity index is 2530. The first-order chi connectivity index (χ1) is 51.7. The molecule has 0 aliphatic carbocycles. The molecule has 608 valence electrons. The lowest BCUT2D eigenvalue weighted by atomic mass is 10.0. The fourth-order valence-electron chi connectivity index (χ4n) is 10.9. The first-order valence-corrected chi connectivity index (χ1v) is 44.4. The van der Waals surface area contributed by atoms with E-state index in [2.05, 4.69) is 131 Å². The molecule has 106 heavy (non-hydrogen) atoms. The number of carbonyl (C=O) groups excluding carboxylic acids is 4. The number of hydrogen-bond donors (Lipinski definition) is 3. The van der Waals surface area contributed by atoms with Crippen LogP contribution < -0.4 is 0 Å². The van der Waals surface area contributed by atoms with Crippen molar-refractivity contribution in [2.45, 2.75) is 354 Å². The van der Waals surface area contributed by atoms with Gasteiger partial charge in [0.1, 0.15) is 19.3 Å². The topological polar surface area (TPSA) is 237 Å². The zero-order chi connectivity index (χ0) is 77.4. The minimum absolute atomic E-state index is 0.00218. The molecule has 0 aliphatic rings. The van der Waals surface area contributed by atoms with Crippen molar-refractivity contribution in [2.75, 3.05) is 39.6 Å². The number of aliphatic hydroxyl groups is 1. The quantitative estimate of drug-likeness (QED) is 0.0169. The van der Waals surface area contributed by atoms with Gasteiger partial charge in [-0.05, 0) is 103 Å². The van der Waals surface area contributed by atoms with E-state index in [0.29, 0.717) is 38.5 Å². The zero-order valence-corrected chi connectivity index (χ0v) is 68.4. The lowest BCUT2D eigenvalue weighted by molar-refractivity contribution is -0.161. The molecule has 0 saturated heterocycles. The molecule has 0 radical (unpaired) electrons. The highest BCUT2D eigenvalue weighted by atomic mass is 31.2. The SMILES string of the molecule is CC/C=C\C/C=C\C/C=C\C/C=C\C/C=C\C/C=C\CCC(=O)OCC(COP(=O)(O)OCC(O)COP(=O)(O)OCC(COC(=O)CCCCCCCCCCCCCCCCC)OC(=O)CCCCCCCCCCCCCCCCC)OC(=O)CCC/C=C\C/C=C\C/C=C\C/C=C\C/C=C\CC. The maximum atomic E-state index is 13.1. The summed E-state index contributed by atoms with van der Waals surface area (Å²) in [6.07, 6.45) is 88.7. The second kappa shape index (κ2) is 78.3. The molecule has 0 heterocycles. The van der Waals surface area contributed by atoms with Crippen LogP contribution in [-0.2, 0) is 65.4 Å². The highest BCUT2D eigenvalue weighted by molar-refractivity contribution is 7.47. The van der Waals surface area contributed by atoms with Gasteiger partial charge in [0.2, 0.25) is 0 Å². The average Bonchev–Trinajstić information content (AvgIpc) is 0.902. The van der Waals surface area contributed by atoms with Crippen LogP contribution in [-0.4, -0.2) is 96.7 Å². The van der Waals surface area contributed by atoms with Crippen molar-refractivity contribution in [3.05, 3.63) is 134 Å². The van der Waals surface area contributed by atoms with Crippen LogP contribution >= 0.6 is 15.6 Å². The molecule has 0 rings (SSSR count). The Hall–Kier alpha value is -4.80. The largest absolute Gasteiger partial charge is 0.472 e. The maximum Gasteiger partial charge on any atom is 0.472 e. The van der Waals surface area contributed by atoms with E-state index in [9.17, 15) is 43.2 Å². The fraction of sp³-hybridized carbons (Fsp3) is 0.701. The van der Waals surface area contributed by atoms with Gasteiger partial charge in [-0.3, -0.25) is 37.3 Å².